The number of nitrogens with one attached hydrogen (secondary N) is 1. The molecule has 76 valence electrons. The summed E-state index contributed by atoms with van der Waals surface area (Å²) in [7, 11) is 0. The minimum atomic E-state index is -0.443. The summed E-state index contributed by atoms with van der Waals surface area (Å²) in [5.74, 6) is 0.166. The number of halogens is 1. The van der Waals surface area contributed by atoms with Gasteiger partial charge in [0.25, 0.3) is 0 Å². The van der Waals surface area contributed by atoms with E-state index in [2.05, 4.69) is 10.3 Å². The van der Waals surface area contributed by atoms with Crippen LogP contribution in [-0.2, 0) is 4.74 Å². The quantitative estimate of drug-likeness (QED) is 0.732. The van der Waals surface area contributed by atoms with Crippen molar-refractivity contribution in [1.82, 2.24) is 4.98 Å². The molecule has 0 aliphatic carbocycles. The predicted octanol–water partition coefficient (Wildman–Crippen LogP) is 1.81. The summed E-state index contributed by atoms with van der Waals surface area (Å²) in [5, 5.41) is 3.19. The Morgan fingerprint density at radius 1 is 1.36 bits per heavy atom. The lowest BCUT2D eigenvalue weighted by atomic mass is 10.1. The Morgan fingerprint density at radius 3 is 2.86 bits per heavy atom. The molecule has 1 aliphatic heterocycles. The van der Waals surface area contributed by atoms with E-state index in [-0.39, 0.29) is 0 Å². The number of hydrogen-bond acceptors (Lipinski definition) is 3. The summed E-state index contributed by atoms with van der Waals surface area (Å²) in [6, 6.07) is 5.13. The molecule has 0 saturated carbocycles. The van der Waals surface area contributed by atoms with Crippen LogP contribution in [0.3, 0.4) is 0 Å². The zero-order chi connectivity index (χ0) is 9.80. The van der Waals surface area contributed by atoms with Crippen LogP contribution in [0.1, 0.15) is 12.8 Å². The average Bonchev–Trinajstić information content (AvgIpc) is 2.19. The summed E-state index contributed by atoms with van der Waals surface area (Å²) >= 11 is 0. The topological polar surface area (TPSA) is 34.1 Å². The Kier molecular flexibility index (Phi) is 2.93. The van der Waals surface area contributed by atoms with E-state index in [9.17, 15) is 4.39 Å². The number of anilines is 1. The maximum Gasteiger partial charge on any atom is 0.214 e. The molecule has 0 aromatic carbocycles. The summed E-state index contributed by atoms with van der Waals surface area (Å²) in [6.07, 6.45) is 1.91. The van der Waals surface area contributed by atoms with Crippen LogP contribution in [0.2, 0.25) is 0 Å². The first-order valence-corrected chi connectivity index (χ1v) is 4.81. The van der Waals surface area contributed by atoms with Crippen molar-refractivity contribution < 1.29 is 9.13 Å². The summed E-state index contributed by atoms with van der Waals surface area (Å²) < 4.78 is 18.0. The Hall–Kier alpha value is -1.16. The fourth-order valence-electron chi connectivity index (χ4n) is 1.54. The van der Waals surface area contributed by atoms with Gasteiger partial charge in [0, 0.05) is 19.3 Å². The number of pyridine rings is 1. The molecule has 0 radical (unpaired) electrons. The molecule has 1 fully saturated rings. The predicted molar refractivity (Wildman–Crippen MR) is 51.7 cm³/mol. The van der Waals surface area contributed by atoms with Crippen LogP contribution in [-0.4, -0.2) is 24.2 Å². The van der Waals surface area contributed by atoms with Gasteiger partial charge in [-0.15, -0.1) is 0 Å². The van der Waals surface area contributed by atoms with Gasteiger partial charge in [-0.2, -0.15) is 4.39 Å². The van der Waals surface area contributed by atoms with Crippen LogP contribution in [0.4, 0.5) is 10.2 Å². The van der Waals surface area contributed by atoms with Crippen LogP contribution in [0, 0.1) is 5.95 Å². The third-order valence-electron chi connectivity index (χ3n) is 2.29. The third-order valence-corrected chi connectivity index (χ3v) is 2.29. The molecular formula is C10H13FN2O. The first kappa shape index (κ1) is 9.40. The normalized spacial score (nSPS) is 18.1. The first-order chi connectivity index (χ1) is 6.84. The lowest BCUT2D eigenvalue weighted by Gasteiger charge is -2.23. The molecule has 14 heavy (non-hydrogen) atoms. The van der Waals surface area contributed by atoms with Crippen molar-refractivity contribution in [1.29, 1.82) is 0 Å². The van der Waals surface area contributed by atoms with E-state index in [1.54, 1.807) is 12.1 Å². The van der Waals surface area contributed by atoms with Gasteiger partial charge < -0.3 is 10.1 Å². The Bertz CT molecular complexity index is 300. The number of nitrogens with zero attached hydrogens (tertiary/aromatic N) is 1. The Labute approximate surface area is 82.3 Å². The minimum absolute atomic E-state index is 0.359. The third kappa shape index (κ3) is 2.42. The Balaban J connectivity index is 1.95. The van der Waals surface area contributed by atoms with Crippen molar-refractivity contribution in [2.24, 2.45) is 0 Å². The monoisotopic (exact) mass is 196 g/mol. The van der Waals surface area contributed by atoms with Crippen LogP contribution >= 0.6 is 0 Å². The molecule has 2 heterocycles. The van der Waals surface area contributed by atoms with Crippen LogP contribution in [0.15, 0.2) is 18.2 Å². The van der Waals surface area contributed by atoms with E-state index in [4.69, 9.17) is 4.74 Å². The zero-order valence-corrected chi connectivity index (χ0v) is 7.87. The molecule has 4 heteroatoms. The maximum absolute atomic E-state index is 12.7. The van der Waals surface area contributed by atoms with Crippen molar-refractivity contribution in [3.8, 4) is 0 Å². The number of rotatable bonds is 2. The van der Waals surface area contributed by atoms with E-state index in [1.165, 1.54) is 6.07 Å². The number of ether oxygens (including phenoxy) is 1. The largest absolute Gasteiger partial charge is 0.381 e. The Morgan fingerprint density at radius 2 is 2.14 bits per heavy atom. The molecule has 0 unspecified atom stereocenters. The maximum atomic E-state index is 12.7. The number of hydrogen-bond donors (Lipinski definition) is 1. The standard InChI is InChI=1S/C10H13FN2O/c11-9-2-1-3-10(13-9)12-8-4-6-14-7-5-8/h1-3,8H,4-7H2,(H,12,13). The lowest BCUT2D eigenvalue weighted by molar-refractivity contribution is 0.0904. The fraction of sp³-hybridized carbons (Fsp3) is 0.500. The van der Waals surface area contributed by atoms with Gasteiger partial charge in [-0.05, 0) is 25.0 Å². The smallest absolute Gasteiger partial charge is 0.214 e. The molecule has 0 bridgehead atoms. The van der Waals surface area contributed by atoms with Gasteiger partial charge in [0.15, 0.2) is 0 Å². The SMILES string of the molecule is Fc1cccc(NC2CCOCC2)n1. The highest BCUT2D eigenvalue weighted by Gasteiger charge is 2.13. The van der Waals surface area contributed by atoms with E-state index in [1.807, 2.05) is 0 Å². The molecule has 0 spiro atoms. The van der Waals surface area contributed by atoms with Gasteiger partial charge in [0.1, 0.15) is 5.82 Å². The molecular weight excluding hydrogens is 183 g/mol. The van der Waals surface area contributed by atoms with Gasteiger partial charge >= 0.3 is 0 Å². The molecule has 2 rings (SSSR count). The average molecular weight is 196 g/mol. The van der Waals surface area contributed by atoms with Gasteiger partial charge in [-0.1, -0.05) is 6.07 Å². The first-order valence-electron chi connectivity index (χ1n) is 4.81. The number of aromatic nitrogens is 1. The molecule has 1 aromatic rings. The van der Waals surface area contributed by atoms with Gasteiger partial charge in [-0.3, -0.25) is 0 Å². The highest BCUT2D eigenvalue weighted by molar-refractivity contribution is 5.34. The van der Waals surface area contributed by atoms with Crippen LogP contribution in [0.5, 0.6) is 0 Å². The second kappa shape index (κ2) is 4.37. The van der Waals surface area contributed by atoms with Gasteiger partial charge in [-0.25, -0.2) is 4.98 Å². The summed E-state index contributed by atoms with van der Waals surface area (Å²) in [6.45, 7) is 1.54. The van der Waals surface area contributed by atoms with Crippen molar-refractivity contribution in [2.75, 3.05) is 18.5 Å². The minimum Gasteiger partial charge on any atom is -0.381 e. The molecule has 1 aromatic heterocycles. The van der Waals surface area contributed by atoms with E-state index >= 15 is 0 Å². The molecule has 0 atom stereocenters. The molecule has 1 aliphatic rings. The van der Waals surface area contributed by atoms with Gasteiger partial charge in [0.05, 0.1) is 0 Å². The van der Waals surface area contributed by atoms with Crippen LogP contribution < -0.4 is 5.32 Å². The zero-order valence-electron chi connectivity index (χ0n) is 7.87. The van der Waals surface area contributed by atoms with E-state index in [0.717, 1.165) is 26.1 Å². The van der Waals surface area contributed by atoms with Crippen molar-refractivity contribution in [2.45, 2.75) is 18.9 Å². The highest BCUT2D eigenvalue weighted by atomic mass is 19.1. The van der Waals surface area contributed by atoms with E-state index in [0.29, 0.717) is 11.9 Å². The van der Waals surface area contributed by atoms with Crippen molar-refractivity contribution >= 4 is 5.82 Å². The van der Waals surface area contributed by atoms with Crippen LogP contribution in [0.25, 0.3) is 0 Å². The second-order valence-corrected chi connectivity index (χ2v) is 3.38. The van der Waals surface area contributed by atoms with Crippen molar-refractivity contribution in [3.63, 3.8) is 0 Å². The van der Waals surface area contributed by atoms with Gasteiger partial charge in [0.2, 0.25) is 5.95 Å². The lowest BCUT2D eigenvalue weighted by Crippen LogP contribution is -2.28. The van der Waals surface area contributed by atoms with E-state index < -0.39 is 5.95 Å². The summed E-state index contributed by atoms with van der Waals surface area (Å²) in [4.78, 5) is 3.75. The second-order valence-electron chi connectivity index (χ2n) is 3.38. The summed E-state index contributed by atoms with van der Waals surface area (Å²) in [5.41, 5.74) is 0. The highest BCUT2D eigenvalue weighted by Crippen LogP contribution is 2.12. The fourth-order valence-corrected chi connectivity index (χ4v) is 1.54. The van der Waals surface area contributed by atoms with Crippen molar-refractivity contribution in [3.05, 3.63) is 24.1 Å². The molecule has 3 nitrogen and oxygen atoms in total. The molecule has 1 saturated heterocycles. The molecule has 1 N–H and O–H groups in total. The molecule has 0 amide bonds.